The average molecular weight is 457 g/mol. The van der Waals surface area contributed by atoms with Crippen molar-refractivity contribution in [1.29, 1.82) is 0 Å². The van der Waals surface area contributed by atoms with Gasteiger partial charge in [-0.05, 0) is 26.2 Å². The first-order chi connectivity index (χ1) is 15.5. The molecule has 4 unspecified atom stereocenters. The minimum Gasteiger partial charge on any atom is -0.478 e. The minimum atomic E-state index is -0.851. The van der Waals surface area contributed by atoms with Crippen LogP contribution in [0.4, 0.5) is 0 Å². The van der Waals surface area contributed by atoms with Crippen LogP contribution < -0.4 is 0 Å². The Kier molecular flexibility index (Phi) is 17.7. The Balaban J connectivity index is 1.75. The number of ether oxygens (including phenoxy) is 2. The molecule has 1 saturated heterocycles. The summed E-state index contributed by atoms with van der Waals surface area (Å²) in [4.78, 5) is 10.3. The molecule has 0 aromatic heterocycles. The van der Waals surface area contributed by atoms with Gasteiger partial charge in [-0.3, -0.25) is 0 Å². The first-order valence-electron chi connectivity index (χ1n) is 13.0. The number of unbranched alkanes of at least 4 members (excludes halogenated alkanes) is 15. The summed E-state index contributed by atoms with van der Waals surface area (Å²) in [5, 5.41) is 28.1. The lowest BCUT2D eigenvalue weighted by molar-refractivity contribution is -0.261. The molecule has 6 heteroatoms. The smallest absolute Gasteiger partial charge is 0.327 e. The van der Waals surface area contributed by atoms with Crippen LogP contribution in [-0.2, 0) is 14.3 Å². The van der Waals surface area contributed by atoms with Gasteiger partial charge in [0.15, 0.2) is 6.29 Å². The molecule has 3 N–H and O–H groups in total. The molecule has 188 valence electrons. The summed E-state index contributed by atoms with van der Waals surface area (Å²) < 4.78 is 11.2. The molecule has 0 aromatic rings. The number of aliphatic hydroxyl groups is 2. The fraction of sp³-hybridized carbons (Fsp3) is 0.885. The number of aliphatic carboxylic acids is 1. The van der Waals surface area contributed by atoms with Gasteiger partial charge in [0.1, 0.15) is 6.10 Å². The number of aliphatic hydroxyl groups excluding tert-OH is 2. The standard InChI is InChI=1S/C26H48O6/c1-22-23(27)21-24(28)26(32-22)31-20-18-16-14-12-10-8-6-4-2-3-5-7-9-11-13-15-17-19-25(29)30/h17,19,22-24,26-28H,2-16,18,20-21H2,1H3,(H,29,30). The average Bonchev–Trinajstić information content (AvgIpc) is 2.75. The van der Waals surface area contributed by atoms with Crippen LogP contribution in [0.5, 0.6) is 0 Å². The molecule has 1 fully saturated rings. The summed E-state index contributed by atoms with van der Waals surface area (Å²) in [5.41, 5.74) is 0. The molecular weight excluding hydrogens is 408 g/mol. The van der Waals surface area contributed by atoms with Gasteiger partial charge in [-0.25, -0.2) is 4.79 Å². The Labute approximate surface area is 195 Å². The molecule has 1 heterocycles. The second kappa shape index (κ2) is 19.5. The summed E-state index contributed by atoms with van der Waals surface area (Å²) in [7, 11) is 0. The van der Waals surface area contributed by atoms with E-state index in [1.54, 1.807) is 6.08 Å². The van der Waals surface area contributed by atoms with Crippen LogP contribution in [0.3, 0.4) is 0 Å². The molecule has 1 aliphatic rings. The Bertz CT molecular complexity index is 481. The van der Waals surface area contributed by atoms with Crippen LogP contribution in [0.2, 0.25) is 0 Å². The molecule has 6 nitrogen and oxygen atoms in total. The lowest BCUT2D eigenvalue weighted by Gasteiger charge is -2.35. The molecule has 1 rings (SSSR count). The van der Waals surface area contributed by atoms with E-state index >= 15 is 0 Å². The van der Waals surface area contributed by atoms with Crippen molar-refractivity contribution in [2.24, 2.45) is 0 Å². The van der Waals surface area contributed by atoms with Crippen molar-refractivity contribution >= 4 is 5.97 Å². The maximum Gasteiger partial charge on any atom is 0.327 e. The van der Waals surface area contributed by atoms with E-state index in [1.807, 2.05) is 6.92 Å². The lowest BCUT2D eigenvalue weighted by Crippen LogP contribution is -2.47. The summed E-state index contributed by atoms with van der Waals surface area (Å²) in [6, 6.07) is 0. The van der Waals surface area contributed by atoms with Gasteiger partial charge in [0.05, 0.1) is 12.2 Å². The third-order valence-electron chi connectivity index (χ3n) is 6.25. The normalized spacial score (nSPS) is 23.7. The van der Waals surface area contributed by atoms with E-state index in [2.05, 4.69) is 0 Å². The number of hydrogen-bond acceptors (Lipinski definition) is 5. The molecule has 0 radical (unpaired) electrons. The van der Waals surface area contributed by atoms with E-state index in [4.69, 9.17) is 14.6 Å². The van der Waals surface area contributed by atoms with Crippen molar-refractivity contribution in [1.82, 2.24) is 0 Å². The van der Waals surface area contributed by atoms with E-state index < -0.39 is 24.5 Å². The maximum atomic E-state index is 10.3. The van der Waals surface area contributed by atoms with E-state index in [1.165, 1.54) is 83.1 Å². The van der Waals surface area contributed by atoms with Gasteiger partial charge in [-0.2, -0.15) is 0 Å². The van der Waals surface area contributed by atoms with E-state index in [-0.39, 0.29) is 6.10 Å². The number of hydrogen-bond donors (Lipinski definition) is 3. The van der Waals surface area contributed by atoms with Crippen LogP contribution in [0.25, 0.3) is 0 Å². The first kappa shape index (κ1) is 29.1. The summed E-state index contributed by atoms with van der Waals surface area (Å²) in [6.07, 6.45) is 20.9. The third-order valence-corrected chi connectivity index (χ3v) is 6.25. The second-order valence-electron chi connectivity index (χ2n) is 9.28. The molecular formula is C26H48O6. The largest absolute Gasteiger partial charge is 0.478 e. The predicted octanol–water partition coefficient (Wildman–Crippen LogP) is 5.74. The fourth-order valence-electron chi connectivity index (χ4n) is 4.14. The Hall–Kier alpha value is -0.950. The number of carbonyl (C=O) groups is 1. The van der Waals surface area contributed by atoms with Crippen molar-refractivity contribution in [2.75, 3.05) is 6.61 Å². The van der Waals surface area contributed by atoms with Crippen molar-refractivity contribution in [2.45, 2.75) is 141 Å². The number of allylic oxidation sites excluding steroid dienone is 1. The Morgan fingerprint density at radius 3 is 1.78 bits per heavy atom. The zero-order chi connectivity index (χ0) is 23.4. The van der Waals surface area contributed by atoms with Crippen LogP contribution >= 0.6 is 0 Å². The van der Waals surface area contributed by atoms with Gasteiger partial charge < -0.3 is 24.8 Å². The minimum absolute atomic E-state index is 0.283. The highest BCUT2D eigenvalue weighted by Crippen LogP contribution is 2.21. The van der Waals surface area contributed by atoms with Gasteiger partial charge in [0, 0.05) is 19.1 Å². The van der Waals surface area contributed by atoms with Crippen LogP contribution in [0.15, 0.2) is 12.2 Å². The Morgan fingerprint density at radius 2 is 1.28 bits per heavy atom. The predicted molar refractivity (Wildman–Crippen MR) is 128 cm³/mol. The molecule has 0 aromatic carbocycles. The van der Waals surface area contributed by atoms with Gasteiger partial charge in [-0.1, -0.05) is 89.5 Å². The van der Waals surface area contributed by atoms with Gasteiger partial charge in [0.25, 0.3) is 0 Å². The number of rotatable bonds is 20. The SMILES string of the molecule is CC1OC(OCCCCCCCCCCCCCCCCCC=CC(=O)O)C(O)CC1O. The lowest BCUT2D eigenvalue weighted by atomic mass is 10.0. The molecule has 1 aliphatic heterocycles. The molecule has 4 atom stereocenters. The second-order valence-corrected chi connectivity index (χ2v) is 9.28. The van der Waals surface area contributed by atoms with Crippen molar-refractivity contribution < 1.29 is 29.6 Å². The topological polar surface area (TPSA) is 96.2 Å². The zero-order valence-electron chi connectivity index (χ0n) is 20.3. The summed E-state index contributed by atoms with van der Waals surface area (Å²) in [5.74, 6) is -0.851. The van der Waals surface area contributed by atoms with E-state index in [0.717, 1.165) is 25.7 Å². The molecule has 32 heavy (non-hydrogen) atoms. The van der Waals surface area contributed by atoms with Crippen molar-refractivity contribution in [3.05, 3.63) is 12.2 Å². The highest BCUT2D eigenvalue weighted by atomic mass is 16.7. The fourth-order valence-corrected chi connectivity index (χ4v) is 4.14. The molecule has 0 aliphatic carbocycles. The highest BCUT2D eigenvalue weighted by Gasteiger charge is 2.34. The van der Waals surface area contributed by atoms with Crippen molar-refractivity contribution in [3.8, 4) is 0 Å². The monoisotopic (exact) mass is 456 g/mol. The zero-order valence-corrected chi connectivity index (χ0v) is 20.3. The van der Waals surface area contributed by atoms with E-state index in [0.29, 0.717) is 13.0 Å². The third kappa shape index (κ3) is 15.8. The van der Waals surface area contributed by atoms with Crippen molar-refractivity contribution in [3.63, 3.8) is 0 Å². The van der Waals surface area contributed by atoms with Crippen LogP contribution in [0, 0.1) is 0 Å². The maximum absolute atomic E-state index is 10.3. The summed E-state index contributed by atoms with van der Waals surface area (Å²) in [6.45, 7) is 2.41. The number of carboxylic acid groups (broad SMARTS) is 1. The molecule has 0 spiro atoms. The highest BCUT2D eigenvalue weighted by molar-refractivity contribution is 5.79. The van der Waals surface area contributed by atoms with Gasteiger partial charge >= 0.3 is 5.97 Å². The summed E-state index contributed by atoms with van der Waals surface area (Å²) >= 11 is 0. The molecule has 0 amide bonds. The Morgan fingerprint density at radius 1 is 0.812 bits per heavy atom. The first-order valence-corrected chi connectivity index (χ1v) is 13.0. The molecule has 0 bridgehead atoms. The van der Waals surface area contributed by atoms with Crippen LogP contribution in [-0.4, -0.2) is 52.5 Å². The quantitative estimate of drug-likeness (QED) is 0.160. The van der Waals surface area contributed by atoms with E-state index in [9.17, 15) is 15.0 Å². The van der Waals surface area contributed by atoms with Crippen LogP contribution in [0.1, 0.15) is 116 Å². The number of carboxylic acids is 1. The van der Waals surface area contributed by atoms with Gasteiger partial charge in [0.2, 0.25) is 0 Å². The molecule has 0 saturated carbocycles. The van der Waals surface area contributed by atoms with Gasteiger partial charge in [-0.15, -0.1) is 0 Å².